The van der Waals surface area contributed by atoms with Crippen molar-refractivity contribution < 1.29 is 0 Å². The van der Waals surface area contributed by atoms with Gasteiger partial charge < -0.3 is 9.22 Å². The molecule has 0 atom stereocenters. The molecule has 0 unspecified atom stereocenters. The van der Waals surface area contributed by atoms with Crippen LogP contribution >= 0.6 is 0 Å². The zero-order chi connectivity index (χ0) is 11.5. The standard InChI is InChI=1S/C11H26N2Si2/c1-12-8-6-7-9-13-14(2,3)10-11-15(13,4)5/h8H,6-7,9-11H2,1-5H3/b12-8+. The molecule has 0 saturated carbocycles. The van der Waals surface area contributed by atoms with Gasteiger partial charge in [-0.05, 0) is 37.7 Å². The third-order valence-corrected chi connectivity index (χ3v) is 14.2. The molecule has 0 aromatic heterocycles. The molecule has 1 heterocycles. The van der Waals surface area contributed by atoms with Gasteiger partial charge in [0, 0.05) is 7.05 Å². The van der Waals surface area contributed by atoms with Gasteiger partial charge in [0.15, 0.2) is 0 Å². The molecule has 1 aliphatic rings. The Morgan fingerprint density at radius 1 is 1.13 bits per heavy atom. The van der Waals surface area contributed by atoms with Crippen molar-refractivity contribution in [2.24, 2.45) is 4.99 Å². The number of unbranched alkanes of at least 4 members (excludes halogenated alkanes) is 1. The molecule has 15 heavy (non-hydrogen) atoms. The molecule has 88 valence electrons. The minimum atomic E-state index is -1.01. The minimum absolute atomic E-state index is 1.01. The molecular weight excluding hydrogens is 216 g/mol. The van der Waals surface area contributed by atoms with Crippen LogP contribution in [0.3, 0.4) is 0 Å². The molecule has 0 radical (unpaired) electrons. The summed E-state index contributed by atoms with van der Waals surface area (Å²) in [6.45, 7) is 11.5. The fourth-order valence-electron chi connectivity index (χ4n) is 2.78. The smallest absolute Gasteiger partial charge is 0.115 e. The lowest BCUT2D eigenvalue weighted by Gasteiger charge is -2.38. The molecule has 1 aliphatic heterocycles. The van der Waals surface area contributed by atoms with Gasteiger partial charge in [0.1, 0.15) is 16.5 Å². The van der Waals surface area contributed by atoms with Crippen LogP contribution < -0.4 is 0 Å². The summed E-state index contributed by atoms with van der Waals surface area (Å²) in [5, 5.41) is 0. The fourth-order valence-corrected chi connectivity index (χ4v) is 17.0. The van der Waals surface area contributed by atoms with Crippen molar-refractivity contribution in [2.75, 3.05) is 13.6 Å². The van der Waals surface area contributed by atoms with E-state index in [0.29, 0.717) is 0 Å². The van der Waals surface area contributed by atoms with Gasteiger partial charge in [0.2, 0.25) is 0 Å². The summed E-state index contributed by atoms with van der Waals surface area (Å²) in [6, 6.07) is 3.04. The lowest BCUT2D eigenvalue weighted by atomic mass is 10.3. The molecule has 1 fully saturated rings. The first-order valence-electron chi connectivity index (χ1n) is 6.08. The van der Waals surface area contributed by atoms with Crippen LogP contribution in [0.25, 0.3) is 0 Å². The lowest BCUT2D eigenvalue weighted by Crippen LogP contribution is -2.55. The van der Waals surface area contributed by atoms with Crippen LogP contribution in [-0.2, 0) is 0 Å². The zero-order valence-corrected chi connectivity index (χ0v) is 13.0. The van der Waals surface area contributed by atoms with Crippen molar-refractivity contribution in [3.63, 3.8) is 0 Å². The highest BCUT2D eigenvalue weighted by atomic mass is 28.4. The first kappa shape index (κ1) is 13.1. The third kappa shape index (κ3) is 3.26. The normalized spacial score (nSPS) is 25.1. The van der Waals surface area contributed by atoms with Crippen LogP contribution in [0.5, 0.6) is 0 Å². The average molecular weight is 243 g/mol. The Hall–Kier alpha value is 0.0638. The van der Waals surface area contributed by atoms with Gasteiger partial charge in [0.25, 0.3) is 0 Å². The SMILES string of the molecule is C/N=C/CCCN1[Si](C)(C)CC[Si]1(C)C. The monoisotopic (exact) mass is 242 g/mol. The maximum Gasteiger partial charge on any atom is 0.115 e. The van der Waals surface area contributed by atoms with Crippen molar-refractivity contribution in [3.8, 4) is 0 Å². The second-order valence-corrected chi connectivity index (χ2v) is 15.6. The largest absolute Gasteiger partial charge is 0.345 e. The predicted molar refractivity (Wildman–Crippen MR) is 74.9 cm³/mol. The molecular formula is C11H26N2Si2. The number of nitrogens with zero attached hydrogens (tertiary/aromatic N) is 2. The van der Waals surface area contributed by atoms with Gasteiger partial charge >= 0.3 is 0 Å². The molecule has 0 aromatic carbocycles. The van der Waals surface area contributed by atoms with Crippen LogP contribution in [0.4, 0.5) is 0 Å². The van der Waals surface area contributed by atoms with E-state index in [0.717, 1.165) is 6.42 Å². The molecule has 0 amide bonds. The number of hydrogen-bond acceptors (Lipinski definition) is 2. The average Bonchev–Trinajstić information content (AvgIpc) is 2.33. The highest BCUT2D eigenvalue weighted by Crippen LogP contribution is 2.36. The van der Waals surface area contributed by atoms with Gasteiger partial charge in [-0.15, -0.1) is 0 Å². The second kappa shape index (κ2) is 4.93. The van der Waals surface area contributed by atoms with Crippen molar-refractivity contribution >= 4 is 22.7 Å². The minimum Gasteiger partial charge on any atom is -0.345 e. The van der Waals surface area contributed by atoms with E-state index in [1.54, 1.807) is 0 Å². The molecule has 0 bridgehead atoms. The van der Waals surface area contributed by atoms with Crippen LogP contribution in [-0.4, -0.2) is 40.5 Å². The highest BCUT2D eigenvalue weighted by Gasteiger charge is 2.46. The Balaban J connectivity index is 2.50. The van der Waals surface area contributed by atoms with E-state index < -0.39 is 16.5 Å². The van der Waals surface area contributed by atoms with E-state index in [4.69, 9.17) is 0 Å². The van der Waals surface area contributed by atoms with Gasteiger partial charge in [0.05, 0.1) is 0 Å². The van der Waals surface area contributed by atoms with Crippen LogP contribution in [0.2, 0.25) is 38.3 Å². The quantitative estimate of drug-likeness (QED) is 0.420. The molecule has 0 aromatic rings. The summed E-state index contributed by atoms with van der Waals surface area (Å²) in [7, 11) is -0.161. The Bertz CT molecular complexity index is 221. The summed E-state index contributed by atoms with van der Waals surface area (Å²) in [6.07, 6.45) is 4.51. The van der Waals surface area contributed by atoms with Crippen molar-refractivity contribution in [1.82, 2.24) is 4.23 Å². The van der Waals surface area contributed by atoms with E-state index in [9.17, 15) is 0 Å². The van der Waals surface area contributed by atoms with E-state index >= 15 is 0 Å². The zero-order valence-electron chi connectivity index (χ0n) is 11.0. The molecule has 2 nitrogen and oxygen atoms in total. The Kier molecular flexibility index (Phi) is 4.32. The second-order valence-electron chi connectivity index (χ2n) is 5.86. The van der Waals surface area contributed by atoms with E-state index in [-0.39, 0.29) is 0 Å². The third-order valence-electron chi connectivity index (χ3n) is 3.71. The molecule has 0 spiro atoms. The van der Waals surface area contributed by atoms with Gasteiger partial charge in [-0.25, -0.2) is 0 Å². The Labute approximate surface area is 97.0 Å². The molecule has 1 rings (SSSR count). The lowest BCUT2D eigenvalue weighted by molar-refractivity contribution is 0.601. The van der Waals surface area contributed by atoms with Crippen molar-refractivity contribution in [2.45, 2.75) is 51.1 Å². The molecule has 1 saturated heterocycles. The number of aliphatic imine (C=N–C) groups is 1. The van der Waals surface area contributed by atoms with Gasteiger partial charge in [-0.1, -0.05) is 26.2 Å². The van der Waals surface area contributed by atoms with Crippen molar-refractivity contribution in [3.05, 3.63) is 0 Å². The fraction of sp³-hybridized carbons (Fsp3) is 0.909. The number of rotatable bonds is 4. The summed E-state index contributed by atoms with van der Waals surface area (Å²) >= 11 is 0. The van der Waals surface area contributed by atoms with Crippen LogP contribution in [0, 0.1) is 0 Å². The maximum absolute atomic E-state index is 4.05. The topological polar surface area (TPSA) is 15.6 Å². The molecule has 0 aliphatic carbocycles. The summed E-state index contributed by atoms with van der Waals surface area (Å²) in [5.41, 5.74) is 0. The van der Waals surface area contributed by atoms with E-state index in [2.05, 4.69) is 41.6 Å². The molecule has 4 heteroatoms. The van der Waals surface area contributed by atoms with Gasteiger partial charge in [-0.2, -0.15) is 0 Å². The van der Waals surface area contributed by atoms with Crippen molar-refractivity contribution in [1.29, 1.82) is 0 Å². The number of hydrogen-bond donors (Lipinski definition) is 0. The highest BCUT2D eigenvalue weighted by molar-refractivity contribution is 6.95. The Morgan fingerprint density at radius 2 is 1.67 bits per heavy atom. The van der Waals surface area contributed by atoms with E-state index in [1.165, 1.54) is 25.1 Å². The summed E-state index contributed by atoms with van der Waals surface area (Å²) in [4.78, 5) is 4.05. The van der Waals surface area contributed by atoms with Crippen LogP contribution in [0.1, 0.15) is 12.8 Å². The first-order chi connectivity index (χ1) is 6.90. The van der Waals surface area contributed by atoms with Gasteiger partial charge in [-0.3, -0.25) is 0 Å². The predicted octanol–water partition coefficient (Wildman–Crippen LogP) is 3.19. The summed E-state index contributed by atoms with van der Waals surface area (Å²) < 4.78 is 2.95. The Morgan fingerprint density at radius 3 is 2.13 bits per heavy atom. The maximum atomic E-state index is 4.05. The summed E-state index contributed by atoms with van der Waals surface area (Å²) in [5.74, 6) is 0. The van der Waals surface area contributed by atoms with Crippen LogP contribution in [0.15, 0.2) is 4.99 Å². The first-order valence-corrected chi connectivity index (χ1v) is 12.4. The molecule has 0 N–H and O–H groups in total. The van der Waals surface area contributed by atoms with E-state index in [1.807, 2.05) is 7.05 Å².